The van der Waals surface area contributed by atoms with Gasteiger partial charge in [-0.3, -0.25) is 4.98 Å². The molecular formula is C17H12N4O5S. The molecule has 0 saturated carbocycles. The maximum Gasteiger partial charge on any atom is 0.362 e. The largest absolute Gasteiger partial charge is 0.476 e. The van der Waals surface area contributed by atoms with Gasteiger partial charge in [0, 0.05) is 29.8 Å². The van der Waals surface area contributed by atoms with E-state index < -0.39 is 15.8 Å². The number of sulfone groups is 1. The fourth-order valence-electron chi connectivity index (χ4n) is 2.02. The van der Waals surface area contributed by atoms with Crippen LogP contribution in [0.25, 0.3) is 0 Å². The standard InChI is InChI=1S/C17H12N4O5S/c1-27(24,25)14-8-12(9-18-10-14)6-5-11-3-2-4-13(7-11)26-16-15(17(22)23)19-21-20-16/h2-4,7-10H,1H3,(H,22,23)(H,19,20,21). The number of aromatic amines is 1. The number of rotatable bonds is 4. The van der Waals surface area contributed by atoms with Crippen LogP contribution < -0.4 is 4.74 Å². The molecule has 0 aliphatic heterocycles. The van der Waals surface area contributed by atoms with E-state index in [1.165, 1.54) is 18.5 Å². The zero-order valence-electron chi connectivity index (χ0n) is 13.9. The maximum atomic E-state index is 11.6. The summed E-state index contributed by atoms with van der Waals surface area (Å²) in [5, 5.41) is 18.2. The minimum atomic E-state index is -3.37. The van der Waals surface area contributed by atoms with Gasteiger partial charge in [0.1, 0.15) is 5.75 Å². The molecule has 2 heterocycles. The lowest BCUT2D eigenvalue weighted by Crippen LogP contribution is -1.99. The van der Waals surface area contributed by atoms with E-state index in [-0.39, 0.29) is 16.5 Å². The quantitative estimate of drug-likeness (QED) is 0.646. The van der Waals surface area contributed by atoms with Crippen LogP contribution in [0.4, 0.5) is 0 Å². The third-order valence-electron chi connectivity index (χ3n) is 3.27. The minimum absolute atomic E-state index is 0.0827. The summed E-state index contributed by atoms with van der Waals surface area (Å²) < 4.78 is 28.6. The molecule has 0 radical (unpaired) electrons. The van der Waals surface area contributed by atoms with Gasteiger partial charge >= 0.3 is 5.97 Å². The van der Waals surface area contributed by atoms with Crippen LogP contribution in [0.1, 0.15) is 21.6 Å². The Morgan fingerprint density at radius 2 is 1.96 bits per heavy atom. The number of nitrogens with one attached hydrogen (secondary N) is 1. The Kier molecular flexibility index (Phi) is 4.87. The molecule has 0 unspecified atom stereocenters. The Labute approximate surface area is 154 Å². The summed E-state index contributed by atoms with van der Waals surface area (Å²) >= 11 is 0. The average Bonchev–Trinajstić information content (AvgIpc) is 3.08. The van der Waals surface area contributed by atoms with Gasteiger partial charge in [-0.2, -0.15) is 0 Å². The number of aromatic nitrogens is 4. The van der Waals surface area contributed by atoms with Crippen LogP contribution in [0.3, 0.4) is 0 Å². The molecule has 0 saturated heterocycles. The van der Waals surface area contributed by atoms with Crippen LogP contribution in [0.5, 0.6) is 11.6 Å². The molecule has 0 bridgehead atoms. The van der Waals surface area contributed by atoms with Crippen molar-refractivity contribution in [2.75, 3.05) is 6.26 Å². The van der Waals surface area contributed by atoms with Crippen LogP contribution >= 0.6 is 0 Å². The zero-order chi connectivity index (χ0) is 19.4. The summed E-state index contributed by atoms with van der Waals surface area (Å²) in [5.74, 6) is 4.67. The SMILES string of the molecule is CS(=O)(=O)c1cncc(C#Cc2cccc(Oc3[nH]nnc3C(=O)O)c2)c1. The molecule has 0 aliphatic rings. The number of carboxylic acids is 1. The molecule has 0 atom stereocenters. The first-order valence-electron chi connectivity index (χ1n) is 7.42. The molecule has 10 heteroatoms. The van der Waals surface area contributed by atoms with Crippen molar-refractivity contribution >= 4 is 15.8 Å². The molecule has 0 aliphatic carbocycles. The lowest BCUT2D eigenvalue weighted by Gasteiger charge is -2.03. The van der Waals surface area contributed by atoms with Crippen LogP contribution in [0, 0.1) is 11.8 Å². The number of carboxylic acid groups (broad SMARTS) is 1. The molecule has 27 heavy (non-hydrogen) atoms. The minimum Gasteiger partial charge on any atom is -0.476 e. The summed E-state index contributed by atoms with van der Waals surface area (Å²) in [6.07, 6.45) is 3.81. The first-order valence-corrected chi connectivity index (χ1v) is 9.31. The van der Waals surface area contributed by atoms with Crippen LogP contribution in [0.15, 0.2) is 47.6 Å². The average molecular weight is 384 g/mol. The Bertz CT molecular complexity index is 1180. The molecule has 2 N–H and O–H groups in total. The molecule has 0 spiro atoms. The molecule has 136 valence electrons. The number of nitrogens with zero attached hydrogens (tertiary/aromatic N) is 3. The van der Waals surface area contributed by atoms with Gasteiger partial charge in [-0.15, -0.1) is 5.10 Å². The predicted octanol–water partition coefficient (Wildman–Crippen LogP) is 1.49. The van der Waals surface area contributed by atoms with Gasteiger partial charge in [0.15, 0.2) is 9.84 Å². The summed E-state index contributed by atoms with van der Waals surface area (Å²) in [6.45, 7) is 0. The summed E-state index contributed by atoms with van der Waals surface area (Å²) in [5.41, 5.74) is 0.673. The number of pyridine rings is 1. The molecule has 3 rings (SSSR count). The highest BCUT2D eigenvalue weighted by atomic mass is 32.2. The highest BCUT2D eigenvalue weighted by molar-refractivity contribution is 7.90. The Hall–Kier alpha value is -3.71. The Balaban J connectivity index is 1.84. The molecule has 0 fully saturated rings. The normalized spacial score (nSPS) is 10.7. The van der Waals surface area contributed by atoms with E-state index in [0.29, 0.717) is 16.9 Å². The van der Waals surface area contributed by atoms with Crippen molar-refractivity contribution < 1.29 is 23.1 Å². The topological polar surface area (TPSA) is 135 Å². The van der Waals surface area contributed by atoms with Gasteiger partial charge < -0.3 is 9.84 Å². The smallest absolute Gasteiger partial charge is 0.362 e. The van der Waals surface area contributed by atoms with Gasteiger partial charge in [-0.05, 0) is 24.3 Å². The number of hydrogen-bond acceptors (Lipinski definition) is 7. The van der Waals surface area contributed by atoms with Gasteiger partial charge in [0.05, 0.1) is 4.90 Å². The van der Waals surface area contributed by atoms with E-state index in [1.807, 2.05) is 0 Å². The van der Waals surface area contributed by atoms with Crippen molar-refractivity contribution in [3.8, 4) is 23.5 Å². The molecule has 1 aromatic carbocycles. The van der Waals surface area contributed by atoms with Crippen LogP contribution in [0.2, 0.25) is 0 Å². The van der Waals surface area contributed by atoms with Gasteiger partial charge in [-0.25, -0.2) is 18.3 Å². The third kappa shape index (κ3) is 4.47. The van der Waals surface area contributed by atoms with Crippen molar-refractivity contribution in [2.24, 2.45) is 0 Å². The number of H-pyrrole nitrogens is 1. The second-order valence-corrected chi connectivity index (χ2v) is 7.37. The summed E-state index contributed by atoms with van der Waals surface area (Å²) in [4.78, 5) is 15.0. The number of hydrogen-bond donors (Lipinski definition) is 2. The number of aromatic carboxylic acids is 1. The van der Waals surface area contributed by atoms with Gasteiger partial charge in [0.25, 0.3) is 5.88 Å². The third-order valence-corrected chi connectivity index (χ3v) is 4.35. The van der Waals surface area contributed by atoms with Crippen molar-refractivity contribution in [1.29, 1.82) is 0 Å². The first kappa shape index (κ1) is 18.1. The molecular weight excluding hydrogens is 372 g/mol. The highest BCUT2D eigenvalue weighted by Gasteiger charge is 2.16. The van der Waals surface area contributed by atoms with E-state index in [0.717, 1.165) is 6.26 Å². The lowest BCUT2D eigenvalue weighted by molar-refractivity contribution is 0.0687. The highest BCUT2D eigenvalue weighted by Crippen LogP contribution is 2.22. The number of benzene rings is 1. The van der Waals surface area contributed by atoms with Gasteiger partial charge in [0.2, 0.25) is 5.69 Å². The fraction of sp³-hybridized carbons (Fsp3) is 0.0588. The first-order chi connectivity index (χ1) is 12.8. The van der Waals surface area contributed by atoms with Crippen molar-refractivity contribution in [3.63, 3.8) is 0 Å². The van der Waals surface area contributed by atoms with E-state index in [4.69, 9.17) is 9.84 Å². The lowest BCUT2D eigenvalue weighted by atomic mass is 10.2. The Morgan fingerprint density at radius 3 is 2.70 bits per heavy atom. The molecule has 3 aromatic rings. The number of ether oxygens (including phenoxy) is 1. The van der Waals surface area contributed by atoms with Crippen molar-refractivity contribution in [3.05, 3.63) is 59.5 Å². The Morgan fingerprint density at radius 1 is 1.19 bits per heavy atom. The number of carbonyl (C=O) groups is 1. The maximum absolute atomic E-state index is 11.6. The van der Waals surface area contributed by atoms with Crippen molar-refractivity contribution in [2.45, 2.75) is 4.90 Å². The molecule has 9 nitrogen and oxygen atoms in total. The van der Waals surface area contributed by atoms with E-state index >= 15 is 0 Å². The second-order valence-electron chi connectivity index (χ2n) is 5.36. The molecule has 2 aromatic heterocycles. The predicted molar refractivity (Wildman–Crippen MR) is 93.2 cm³/mol. The van der Waals surface area contributed by atoms with Crippen LogP contribution in [-0.2, 0) is 9.84 Å². The fourth-order valence-corrected chi connectivity index (χ4v) is 2.61. The second kappa shape index (κ2) is 7.27. The van der Waals surface area contributed by atoms with E-state index in [2.05, 4.69) is 32.2 Å². The van der Waals surface area contributed by atoms with Crippen molar-refractivity contribution in [1.82, 2.24) is 20.4 Å². The van der Waals surface area contributed by atoms with E-state index in [9.17, 15) is 13.2 Å². The van der Waals surface area contributed by atoms with Gasteiger partial charge in [-0.1, -0.05) is 23.1 Å². The summed E-state index contributed by atoms with van der Waals surface area (Å²) in [7, 11) is -3.37. The molecule has 0 amide bonds. The van der Waals surface area contributed by atoms with Crippen LogP contribution in [-0.4, -0.2) is 46.1 Å². The monoisotopic (exact) mass is 384 g/mol. The van der Waals surface area contributed by atoms with E-state index in [1.54, 1.807) is 24.3 Å². The summed E-state index contributed by atoms with van der Waals surface area (Å²) in [6, 6.07) is 8.04. The zero-order valence-corrected chi connectivity index (χ0v) is 14.7.